The summed E-state index contributed by atoms with van der Waals surface area (Å²) in [6.07, 6.45) is 0. The number of fused-ring (bicyclic) bond motifs is 3. The topological polar surface area (TPSA) is 101 Å². The molecule has 1 aliphatic heterocycles. The van der Waals surface area contributed by atoms with E-state index in [1.165, 1.54) is 5.56 Å². The van der Waals surface area contributed by atoms with Gasteiger partial charge < -0.3 is 15.6 Å². The summed E-state index contributed by atoms with van der Waals surface area (Å²) in [6, 6.07) is 10.6. The molecular weight excluding hydrogens is 398 g/mol. The molecule has 154 valence electrons. The van der Waals surface area contributed by atoms with E-state index in [1.54, 1.807) is 11.3 Å². The van der Waals surface area contributed by atoms with E-state index < -0.39 is 0 Å². The number of aromatic nitrogens is 3. The summed E-state index contributed by atoms with van der Waals surface area (Å²) in [5, 5.41) is 8.46. The molecule has 0 atom stereocenters. The number of piperazine rings is 1. The number of nitroso groups, excluding NO2 is 1. The molecule has 3 aromatic heterocycles. The highest BCUT2D eigenvalue weighted by molar-refractivity contribution is 7.18. The van der Waals surface area contributed by atoms with Crippen LogP contribution < -0.4 is 11.1 Å². The van der Waals surface area contributed by atoms with Gasteiger partial charge in [-0.1, -0.05) is 29.4 Å². The van der Waals surface area contributed by atoms with Gasteiger partial charge in [0.2, 0.25) is 0 Å². The Bertz CT molecular complexity index is 1190. The first-order valence-electron chi connectivity index (χ1n) is 10.0. The number of benzene rings is 1. The average molecular weight is 422 g/mol. The summed E-state index contributed by atoms with van der Waals surface area (Å²) in [4.78, 5) is 22.5. The van der Waals surface area contributed by atoms with Crippen LogP contribution in [0.2, 0.25) is 0 Å². The predicted molar refractivity (Wildman–Crippen MR) is 121 cm³/mol. The molecule has 3 N–H and O–H groups in total. The number of nitrogens with two attached hydrogens (primary N) is 1. The van der Waals surface area contributed by atoms with Gasteiger partial charge in [-0.15, -0.1) is 11.3 Å². The van der Waals surface area contributed by atoms with Gasteiger partial charge in [0.05, 0.1) is 15.7 Å². The minimum Gasteiger partial charge on any atom is -0.382 e. The van der Waals surface area contributed by atoms with Gasteiger partial charge in [0, 0.05) is 39.3 Å². The summed E-state index contributed by atoms with van der Waals surface area (Å²) in [6.45, 7) is 5.83. The highest BCUT2D eigenvalue weighted by Crippen LogP contribution is 2.33. The second kappa shape index (κ2) is 8.10. The van der Waals surface area contributed by atoms with Crippen molar-refractivity contribution in [2.24, 2.45) is 5.18 Å². The zero-order valence-electron chi connectivity index (χ0n) is 16.5. The van der Waals surface area contributed by atoms with Crippen LogP contribution in [0.4, 0.5) is 5.82 Å². The quantitative estimate of drug-likeness (QED) is 0.464. The minimum atomic E-state index is 0.00205. The third-order valence-electron chi connectivity index (χ3n) is 5.58. The van der Waals surface area contributed by atoms with Gasteiger partial charge in [-0.05, 0) is 22.6 Å². The fourth-order valence-corrected chi connectivity index (χ4v) is 4.95. The zero-order chi connectivity index (χ0) is 20.5. The van der Waals surface area contributed by atoms with Crippen LogP contribution in [-0.4, -0.2) is 45.6 Å². The minimum absolute atomic E-state index is 0.00205. The Hall–Kier alpha value is -2.88. The maximum absolute atomic E-state index is 11.0. The van der Waals surface area contributed by atoms with Gasteiger partial charge in [0.15, 0.2) is 5.82 Å². The van der Waals surface area contributed by atoms with Gasteiger partial charge in [0.1, 0.15) is 17.9 Å². The van der Waals surface area contributed by atoms with Crippen molar-refractivity contribution in [3.63, 3.8) is 0 Å². The molecule has 5 rings (SSSR count). The number of hydrogen-bond acceptors (Lipinski definition) is 8. The SMILES string of the molecule is Nc1nc2ccsc2c2c1nc(CN=O)n2Cc1ccc(CN2CCNCC2)cc1. The normalized spacial score (nSPS) is 15.2. The van der Waals surface area contributed by atoms with Gasteiger partial charge >= 0.3 is 0 Å². The lowest BCUT2D eigenvalue weighted by Crippen LogP contribution is -2.42. The predicted octanol–water partition coefficient (Wildman–Crippen LogP) is 2.95. The molecule has 0 aliphatic carbocycles. The smallest absolute Gasteiger partial charge is 0.152 e. The van der Waals surface area contributed by atoms with Crippen LogP contribution in [0, 0.1) is 4.91 Å². The van der Waals surface area contributed by atoms with E-state index in [4.69, 9.17) is 5.73 Å². The van der Waals surface area contributed by atoms with E-state index in [1.807, 2.05) is 11.4 Å². The number of imidazole rings is 1. The molecule has 0 amide bonds. The highest BCUT2D eigenvalue weighted by atomic mass is 32.1. The Balaban J connectivity index is 1.48. The number of nitrogen functional groups attached to an aromatic ring is 1. The van der Waals surface area contributed by atoms with Crippen molar-refractivity contribution in [2.75, 3.05) is 31.9 Å². The number of pyridine rings is 1. The first kappa shape index (κ1) is 19.1. The molecule has 0 spiro atoms. The zero-order valence-corrected chi connectivity index (χ0v) is 17.4. The molecule has 9 heteroatoms. The Labute approximate surface area is 177 Å². The lowest BCUT2D eigenvalue weighted by atomic mass is 10.1. The fraction of sp³-hybridized carbons (Fsp3) is 0.333. The highest BCUT2D eigenvalue weighted by Gasteiger charge is 2.18. The molecule has 30 heavy (non-hydrogen) atoms. The van der Waals surface area contributed by atoms with Gasteiger partial charge in [0.25, 0.3) is 0 Å². The van der Waals surface area contributed by atoms with Crippen molar-refractivity contribution < 1.29 is 0 Å². The molecule has 4 aromatic rings. The van der Waals surface area contributed by atoms with Crippen molar-refractivity contribution in [3.8, 4) is 0 Å². The van der Waals surface area contributed by atoms with E-state index in [-0.39, 0.29) is 6.54 Å². The molecule has 1 fully saturated rings. The van der Waals surface area contributed by atoms with E-state index >= 15 is 0 Å². The second-order valence-corrected chi connectivity index (χ2v) is 8.49. The molecule has 8 nitrogen and oxygen atoms in total. The Kier molecular flexibility index (Phi) is 5.16. The molecular formula is C21H23N7OS. The standard InChI is InChI=1S/C21H23N7OS/c22-21-18-19(20-16(25-21)5-10-30-20)28(17(26-18)11-24-29)13-15-3-1-14(2-4-15)12-27-8-6-23-7-9-27/h1-5,10,23H,6-9,11-13H2,(H2,22,25). The third kappa shape index (κ3) is 3.55. The van der Waals surface area contributed by atoms with Crippen LogP contribution in [0.3, 0.4) is 0 Å². The molecule has 0 unspecified atom stereocenters. The average Bonchev–Trinajstić information content (AvgIpc) is 3.36. The van der Waals surface area contributed by atoms with Crippen molar-refractivity contribution in [3.05, 3.63) is 57.6 Å². The third-order valence-corrected chi connectivity index (χ3v) is 6.49. The Morgan fingerprint density at radius 2 is 1.80 bits per heavy atom. The van der Waals surface area contributed by atoms with Crippen LogP contribution in [0.25, 0.3) is 21.3 Å². The van der Waals surface area contributed by atoms with Crippen molar-refractivity contribution in [2.45, 2.75) is 19.6 Å². The maximum Gasteiger partial charge on any atom is 0.152 e. The number of anilines is 1. The fourth-order valence-electron chi connectivity index (χ4n) is 4.07. The number of thiophene rings is 1. The van der Waals surface area contributed by atoms with Crippen LogP contribution in [0.1, 0.15) is 17.0 Å². The molecule has 1 aromatic carbocycles. The van der Waals surface area contributed by atoms with Crippen LogP contribution in [0.5, 0.6) is 0 Å². The largest absolute Gasteiger partial charge is 0.382 e. The lowest BCUT2D eigenvalue weighted by Gasteiger charge is -2.27. The molecule has 0 saturated carbocycles. The Morgan fingerprint density at radius 1 is 1.07 bits per heavy atom. The summed E-state index contributed by atoms with van der Waals surface area (Å²) in [5.41, 5.74) is 11.0. The molecule has 1 aliphatic rings. The van der Waals surface area contributed by atoms with E-state index in [9.17, 15) is 4.91 Å². The van der Waals surface area contributed by atoms with Crippen LogP contribution in [-0.2, 0) is 19.6 Å². The van der Waals surface area contributed by atoms with Crippen molar-refractivity contribution in [1.29, 1.82) is 0 Å². The number of hydrogen-bond donors (Lipinski definition) is 2. The first-order valence-corrected chi connectivity index (χ1v) is 10.9. The molecule has 1 saturated heterocycles. The summed E-state index contributed by atoms with van der Waals surface area (Å²) >= 11 is 1.61. The van der Waals surface area contributed by atoms with E-state index in [0.29, 0.717) is 23.7 Å². The lowest BCUT2D eigenvalue weighted by molar-refractivity contribution is 0.233. The van der Waals surface area contributed by atoms with Crippen molar-refractivity contribution >= 4 is 38.4 Å². The van der Waals surface area contributed by atoms with Gasteiger partial charge in [-0.2, -0.15) is 4.91 Å². The van der Waals surface area contributed by atoms with E-state index in [2.05, 4.69) is 54.2 Å². The summed E-state index contributed by atoms with van der Waals surface area (Å²) in [7, 11) is 0. The summed E-state index contributed by atoms with van der Waals surface area (Å²) in [5.74, 6) is 0.993. The van der Waals surface area contributed by atoms with E-state index in [0.717, 1.165) is 54.0 Å². The second-order valence-electron chi connectivity index (χ2n) is 7.57. The molecule has 0 radical (unpaired) electrons. The summed E-state index contributed by atoms with van der Waals surface area (Å²) < 4.78 is 3.08. The first-order chi connectivity index (χ1) is 14.7. The van der Waals surface area contributed by atoms with Gasteiger partial charge in [-0.3, -0.25) is 4.90 Å². The van der Waals surface area contributed by atoms with Crippen molar-refractivity contribution in [1.82, 2.24) is 24.8 Å². The monoisotopic (exact) mass is 421 g/mol. The number of nitrogens with zero attached hydrogens (tertiary/aromatic N) is 5. The number of nitrogens with one attached hydrogen (secondary N) is 1. The maximum atomic E-state index is 11.0. The van der Waals surface area contributed by atoms with Gasteiger partial charge in [-0.25, -0.2) is 9.97 Å². The number of rotatable bonds is 6. The van der Waals surface area contributed by atoms with Crippen LogP contribution >= 0.6 is 11.3 Å². The Morgan fingerprint density at radius 3 is 2.53 bits per heavy atom. The molecule has 0 bridgehead atoms. The van der Waals surface area contributed by atoms with Crippen LogP contribution in [0.15, 0.2) is 40.9 Å². The molecule has 4 heterocycles.